The highest BCUT2D eigenvalue weighted by Crippen LogP contribution is 2.44. The average molecular weight is 215 g/mol. The van der Waals surface area contributed by atoms with Crippen LogP contribution in [0.25, 0.3) is 0 Å². The van der Waals surface area contributed by atoms with Crippen LogP contribution in [0.5, 0.6) is 0 Å². The SMILES string of the molecule is NC1(c2ccccc2C2CCCC2)CCC1. The molecular weight excluding hydrogens is 194 g/mol. The molecule has 2 aliphatic rings. The van der Waals surface area contributed by atoms with Crippen LogP contribution in [0.4, 0.5) is 0 Å². The lowest BCUT2D eigenvalue weighted by atomic mass is 9.70. The summed E-state index contributed by atoms with van der Waals surface area (Å²) >= 11 is 0. The Bertz CT molecular complexity index is 373. The highest BCUT2D eigenvalue weighted by molar-refractivity contribution is 5.38. The van der Waals surface area contributed by atoms with E-state index in [9.17, 15) is 0 Å². The van der Waals surface area contributed by atoms with Gasteiger partial charge < -0.3 is 5.73 Å². The molecule has 0 spiro atoms. The van der Waals surface area contributed by atoms with E-state index in [0.717, 1.165) is 5.92 Å². The molecule has 1 nitrogen and oxygen atoms in total. The molecule has 0 unspecified atom stereocenters. The van der Waals surface area contributed by atoms with Crippen LogP contribution in [0, 0.1) is 0 Å². The zero-order valence-corrected chi connectivity index (χ0v) is 9.91. The van der Waals surface area contributed by atoms with Gasteiger partial charge in [-0.05, 0) is 49.1 Å². The second-order valence-corrected chi connectivity index (χ2v) is 5.58. The molecule has 0 amide bonds. The van der Waals surface area contributed by atoms with Gasteiger partial charge in [-0.3, -0.25) is 0 Å². The molecule has 1 aromatic rings. The first kappa shape index (κ1) is 10.3. The van der Waals surface area contributed by atoms with Gasteiger partial charge in [0.2, 0.25) is 0 Å². The van der Waals surface area contributed by atoms with Crippen LogP contribution in [-0.2, 0) is 5.54 Å². The molecule has 0 aromatic heterocycles. The van der Waals surface area contributed by atoms with Gasteiger partial charge in [-0.2, -0.15) is 0 Å². The third kappa shape index (κ3) is 1.58. The summed E-state index contributed by atoms with van der Waals surface area (Å²) in [5.41, 5.74) is 9.52. The van der Waals surface area contributed by atoms with E-state index in [1.54, 1.807) is 5.56 Å². The molecule has 2 N–H and O–H groups in total. The predicted octanol–water partition coefficient (Wildman–Crippen LogP) is 3.68. The molecule has 0 saturated heterocycles. The summed E-state index contributed by atoms with van der Waals surface area (Å²) in [7, 11) is 0. The smallest absolute Gasteiger partial charge is 0.0412 e. The number of rotatable bonds is 2. The van der Waals surface area contributed by atoms with Gasteiger partial charge >= 0.3 is 0 Å². The Morgan fingerprint density at radius 2 is 1.69 bits per heavy atom. The van der Waals surface area contributed by atoms with Gasteiger partial charge in [0.25, 0.3) is 0 Å². The highest BCUT2D eigenvalue weighted by atomic mass is 14.8. The van der Waals surface area contributed by atoms with Gasteiger partial charge in [-0.1, -0.05) is 37.1 Å². The van der Waals surface area contributed by atoms with Crippen molar-refractivity contribution in [3.8, 4) is 0 Å². The monoisotopic (exact) mass is 215 g/mol. The van der Waals surface area contributed by atoms with Crippen molar-refractivity contribution in [1.29, 1.82) is 0 Å². The van der Waals surface area contributed by atoms with Crippen molar-refractivity contribution in [2.45, 2.75) is 56.4 Å². The first-order chi connectivity index (χ1) is 7.80. The van der Waals surface area contributed by atoms with Crippen LogP contribution >= 0.6 is 0 Å². The maximum atomic E-state index is 6.49. The molecule has 2 aliphatic carbocycles. The Balaban J connectivity index is 1.97. The van der Waals surface area contributed by atoms with Crippen LogP contribution in [0.3, 0.4) is 0 Å². The van der Waals surface area contributed by atoms with E-state index < -0.39 is 0 Å². The van der Waals surface area contributed by atoms with Crippen molar-refractivity contribution in [2.24, 2.45) is 5.73 Å². The minimum Gasteiger partial charge on any atom is -0.321 e. The lowest BCUT2D eigenvalue weighted by molar-refractivity contribution is 0.251. The Morgan fingerprint density at radius 3 is 2.31 bits per heavy atom. The number of hydrogen-bond acceptors (Lipinski definition) is 1. The van der Waals surface area contributed by atoms with Crippen LogP contribution in [0.15, 0.2) is 24.3 Å². The lowest BCUT2D eigenvalue weighted by Gasteiger charge is -2.40. The fourth-order valence-corrected chi connectivity index (χ4v) is 3.37. The van der Waals surface area contributed by atoms with Crippen molar-refractivity contribution >= 4 is 0 Å². The third-order valence-corrected chi connectivity index (χ3v) is 4.54. The summed E-state index contributed by atoms with van der Waals surface area (Å²) in [6.45, 7) is 0. The normalized spacial score (nSPS) is 24.3. The van der Waals surface area contributed by atoms with Crippen LogP contribution in [-0.4, -0.2) is 0 Å². The fraction of sp³-hybridized carbons (Fsp3) is 0.600. The average Bonchev–Trinajstić information content (AvgIpc) is 2.79. The zero-order chi connectivity index (χ0) is 11.0. The van der Waals surface area contributed by atoms with E-state index >= 15 is 0 Å². The molecule has 2 saturated carbocycles. The molecule has 0 atom stereocenters. The van der Waals surface area contributed by atoms with E-state index in [4.69, 9.17) is 5.73 Å². The van der Waals surface area contributed by atoms with Crippen LogP contribution in [0.2, 0.25) is 0 Å². The van der Waals surface area contributed by atoms with Gasteiger partial charge in [0.1, 0.15) is 0 Å². The van der Waals surface area contributed by atoms with Crippen LogP contribution < -0.4 is 5.73 Å². The summed E-state index contributed by atoms with van der Waals surface area (Å²) in [6, 6.07) is 8.92. The topological polar surface area (TPSA) is 26.0 Å². The van der Waals surface area contributed by atoms with E-state index in [-0.39, 0.29) is 5.54 Å². The van der Waals surface area contributed by atoms with Crippen molar-refractivity contribution in [3.05, 3.63) is 35.4 Å². The summed E-state index contributed by atoms with van der Waals surface area (Å²) < 4.78 is 0. The molecule has 0 bridgehead atoms. The highest BCUT2D eigenvalue weighted by Gasteiger charge is 2.37. The first-order valence-corrected chi connectivity index (χ1v) is 6.68. The molecule has 86 valence electrons. The number of benzene rings is 1. The third-order valence-electron chi connectivity index (χ3n) is 4.54. The fourth-order valence-electron chi connectivity index (χ4n) is 3.37. The van der Waals surface area contributed by atoms with Gasteiger partial charge in [0.05, 0.1) is 0 Å². The van der Waals surface area contributed by atoms with Crippen molar-refractivity contribution in [1.82, 2.24) is 0 Å². The lowest BCUT2D eigenvalue weighted by Crippen LogP contribution is -2.44. The Kier molecular flexibility index (Phi) is 2.51. The predicted molar refractivity (Wildman–Crippen MR) is 67.4 cm³/mol. The molecule has 1 heteroatoms. The maximum absolute atomic E-state index is 6.49. The Labute approximate surface area is 98.0 Å². The summed E-state index contributed by atoms with van der Waals surface area (Å²) in [4.78, 5) is 0. The summed E-state index contributed by atoms with van der Waals surface area (Å²) in [5.74, 6) is 0.789. The van der Waals surface area contributed by atoms with Crippen molar-refractivity contribution in [2.75, 3.05) is 0 Å². The second kappa shape index (κ2) is 3.89. The van der Waals surface area contributed by atoms with Crippen molar-refractivity contribution < 1.29 is 0 Å². The molecular formula is C15H21N. The van der Waals surface area contributed by atoms with Crippen molar-refractivity contribution in [3.63, 3.8) is 0 Å². The molecule has 3 rings (SSSR count). The van der Waals surface area contributed by atoms with E-state index in [2.05, 4.69) is 24.3 Å². The number of hydrogen-bond donors (Lipinski definition) is 1. The van der Waals surface area contributed by atoms with Gasteiger partial charge in [0, 0.05) is 5.54 Å². The number of nitrogens with two attached hydrogens (primary N) is 1. The largest absolute Gasteiger partial charge is 0.321 e. The molecule has 0 aliphatic heterocycles. The molecule has 16 heavy (non-hydrogen) atoms. The van der Waals surface area contributed by atoms with E-state index in [1.807, 2.05) is 0 Å². The minimum absolute atomic E-state index is 0.0131. The molecule has 0 radical (unpaired) electrons. The zero-order valence-electron chi connectivity index (χ0n) is 9.91. The standard InChI is InChI=1S/C15H21N/c16-15(10-5-11-15)14-9-4-3-8-13(14)12-6-1-2-7-12/h3-4,8-9,12H,1-2,5-7,10-11,16H2. The van der Waals surface area contributed by atoms with E-state index in [1.165, 1.54) is 50.5 Å². The molecule has 1 aromatic carbocycles. The van der Waals surface area contributed by atoms with Gasteiger partial charge in [-0.15, -0.1) is 0 Å². The Morgan fingerprint density at radius 1 is 1.00 bits per heavy atom. The minimum atomic E-state index is 0.0131. The maximum Gasteiger partial charge on any atom is 0.0412 e. The van der Waals surface area contributed by atoms with Gasteiger partial charge in [-0.25, -0.2) is 0 Å². The summed E-state index contributed by atoms with van der Waals surface area (Å²) in [6.07, 6.45) is 9.19. The first-order valence-electron chi connectivity index (χ1n) is 6.68. The molecule has 0 heterocycles. The van der Waals surface area contributed by atoms with Crippen LogP contribution in [0.1, 0.15) is 62.0 Å². The Hall–Kier alpha value is -0.820. The second-order valence-electron chi connectivity index (χ2n) is 5.58. The van der Waals surface area contributed by atoms with Gasteiger partial charge in [0.15, 0.2) is 0 Å². The quantitative estimate of drug-likeness (QED) is 0.800. The molecule has 2 fully saturated rings. The van der Waals surface area contributed by atoms with E-state index in [0.29, 0.717) is 0 Å². The summed E-state index contributed by atoms with van der Waals surface area (Å²) in [5, 5.41) is 0.